The van der Waals surface area contributed by atoms with Gasteiger partial charge in [-0.3, -0.25) is 4.79 Å². The third kappa shape index (κ3) is 2.70. The van der Waals surface area contributed by atoms with Gasteiger partial charge in [0.25, 0.3) is 5.91 Å². The van der Waals surface area contributed by atoms with E-state index in [-0.39, 0.29) is 5.91 Å². The van der Waals surface area contributed by atoms with Crippen LogP contribution in [-0.4, -0.2) is 17.3 Å². The molecule has 1 N–H and O–H groups in total. The number of hydrogen-bond donors (Lipinski definition) is 1. The summed E-state index contributed by atoms with van der Waals surface area (Å²) in [5.41, 5.74) is 0.810. The second-order valence-electron chi connectivity index (χ2n) is 5.06. The highest BCUT2D eigenvalue weighted by Crippen LogP contribution is 2.31. The summed E-state index contributed by atoms with van der Waals surface area (Å²) in [6.07, 6.45) is 3.69. The molecule has 1 aromatic carbocycles. The predicted octanol–water partition coefficient (Wildman–Crippen LogP) is 4.19. The molecule has 2 aromatic rings. The Morgan fingerprint density at radius 1 is 1.37 bits per heavy atom. The van der Waals surface area contributed by atoms with E-state index in [0.29, 0.717) is 10.7 Å². The Morgan fingerprint density at radius 2 is 2.21 bits per heavy atom. The van der Waals surface area contributed by atoms with Gasteiger partial charge in [-0.25, -0.2) is 0 Å². The number of halogens is 1. The van der Waals surface area contributed by atoms with Crippen LogP contribution in [0.25, 0.3) is 10.1 Å². The molecule has 2 atom stereocenters. The third-order valence-electron chi connectivity index (χ3n) is 3.82. The van der Waals surface area contributed by atoms with Crippen LogP contribution in [0.1, 0.15) is 29.6 Å². The number of rotatable bonds is 3. The summed E-state index contributed by atoms with van der Waals surface area (Å²) in [7, 11) is 0. The van der Waals surface area contributed by atoms with Crippen molar-refractivity contribution in [1.29, 1.82) is 0 Å². The normalized spacial score (nSPS) is 22.8. The van der Waals surface area contributed by atoms with Crippen LogP contribution in [0, 0.1) is 5.92 Å². The van der Waals surface area contributed by atoms with Crippen LogP contribution in [0.15, 0.2) is 29.6 Å². The second-order valence-corrected chi connectivity index (χ2v) is 7.15. The molecule has 1 fully saturated rings. The third-order valence-corrected chi connectivity index (χ3v) is 5.99. The number of carbonyl (C=O) groups excluding carboxylic acids is 1. The summed E-state index contributed by atoms with van der Waals surface area (Å²) in [4.78, 5) is 12.8. The van der Waals surface area contributed by atoms with E-state index in [2.05, 4.69) is 27.3 Å². The van der Waals surface area contributed by atoms with Gasteiger partial charge in [0.15, 0.2) is 0 Å². The zero-order valence-electron chi connectivity index (χ0n) is 10.6. The van der Waals surface area contributed by atoms with Gasteiger partial charge in [0.1, 0.15) is 0 Å². The molecule has 1 aliphatic rings. The summed E-state index contributed by atoms with van der Waals surface area (Å²) in [6.45, 7) is 0.777. The number of alkyl halides is 1. The van der Waals surface area contributed by atoms with Crippen molar-refractivity contribution in [2.24, 2.45) is 5.92 Å². The maximum absolute atomic E-state index is 12.3. The quantitative estimate of drug-likeness (QED) is 0.835. The number of nitrogens with one attached hydrogen (secondary N) is 1. The largest absolute Gasteiger partial charge is 0.352 e. The van der Waals surface area contributed by atoms with E-state index in [1.54, 1.807) is 11.3 Å². The number of hydrogen-bond acceptors (Lipinski definition) is 2. The molecule has 2 unspecified atom stereocenters. The summed E-state index contributed by atoms with van der Waals surface area (Å²) in [6, 6.07) is 8.07. The Kier molecular flexibility index (Phi) is 3.89. The second kappa shape index (κ2) is 5.63. The summed E-state index contributed by atoms with van der Waals surface area (Å²) < 4.78 is 1.17. The van der Waals surface area contributed by atoms with Crippen molar-refractivity contribution in [3.63, 3.8) is 0 Å². The molecule has 1 aliphatic carbocycles. The van der Waals surface area contributed by atoms with E-state index in [1.165, 1.54) is 24.0 Å². The van der Waals surface area contributed by atoms with Crippen molar-refractivity contribution in [2.75, 3.05) is 6.54 Å². The van der Waals surface area contributed by atoms with Crippen molar-refractivity contribution in [3.05, 3.63) is 35.2 Å². The first-order valence-corrected chi connectivity index (χ1v) is 8.44. The maximum atomic E-state index is 12.3. The fourth-order valence-corrected chi connectivity index (χ4v) is 4.41. The number of amides is 1. The smallest absolute Gasteiger partial charge is 0.252 e. The lowest BCUT2D eigenvalue weighted by Gasteiger charge is -2.14. The monoisotopic (exact) mass is 337 g/mol. The summed E-state index contributed by atoms with van der Waals surface area (Å²) in [5.74, 6) is 0.637. The standard InChI is InChI=1S/C15H16BrNOS/c16-13-6-3-4-10(13)8-17-15(18)12-9-19-14-7-2-1-5-11(12)14/h1-2,5,7,9-10,13H,3-4,6,8H2,(H,17,18). The molecule has 0 radical (unpaired) electrons. The fourth-order valence-electron chi connectivity index (χ4n) is 2.69. The van der Waals surface area contributed by atoms with E-state index in [4.69, 9.17) is 0 Å². The zero-order chi connectivity index (χ0) is 13.2. The van der Waals surface area contributed by atoms with Gasteiger partial charge < -0.3 is 5.32 Å². The maximum Gasteiger partial charge on any atom is 0.252 e. The molecule has 0 bridgehead atoms. The first-order valence-electron chi connectivity index (χ1n) is 6.64. The minimum atomic E-state index is 0.0593. The molecule has 1 amide bonds. The van der Waals surface area contributed by atoms with Crippen molar-refractivity contribution in [2.45, 2.75) is 24.1 Å². The molecule has 2 nitrogen and oxygen atoms in total. The van der Waals surface area contributed by atoms with Crippen LogP contribution in [0.5, 0.6) is 0 Å². The molecular formula is C15H16BrNOS. The Morgan fingerprint density at radius 3 is 3.00 bits per heavy atom. The van der Waals surface area contributed by atoms with Crippen molar-refractivity contribution < 1.29 is 4.79 Å². The Bertz CT molecular complexity index is 595. The molecular weight excluding hydrogens is 322 g/mol. The van der Waals surface area contributed by atoms with Crippen LogP contribution in [0.4, 0.5) is 0 Å². The number of fused-ring (bicyclic) bond motifs is 1. The number of carbonyl (C=O) groups is 1. The lowest BCUT2D eigenvalue weighted by Crippen LogP contribution is -2.30. The van der Waals surface area contributed by atoms with Crippen molar-refractivity contribution in [3.8, 4) is 0 Å². The Hall–Kier alpha value is -0.870. The molecule has 0 aliphatic heterocycles. The molecule has 3 rings (SSSR count). The predicted molar refractivity (Wildman–Crippen MR) is 84.2 cm³/mol. The van der Waals surface area contributed by atoms with Crippen LogP contribution >= 0.6 is 27.3 Å². The average Bonchev–Trinajstić information content (AvgIpc) is 3.02. The van der Waals surface area contributed by atoms with E-state index in [0.717, 1.165) is 17.5 Å². The lowest BCUT2D eigenvalue weighted by molar-refractivity contribution is 0.0950. The highest BCUT2D eigenvalue weighted by Gasteiger charge is 2.25. The van der Waals surface area contributed by atoms with Gasteiger partial charge in [-0.2, -0.15) is 0 Å². The van der Waals surface area contributed by atoms with Crippen LogP contribution < -0.4 is 5.32 Å². The van der Waals surface area contributed by atoms with Gasteiger partial charge in [-0.05, 0) is 24.8 Å². The lowest BCUT2D eigenvalue weighted by atomic mass is 10.1. The van der Waals surface area contributed by atoms with Crippen molar-refractivity contribution >= 4 is 43.3 Å². The molecule has 1 heterocycles. The first kappa shape index (κ1) is 13.1. The number of benzene rings is 1. The van der Waals surface area contributed by atoms with Gasteiger partial charge in [-0.15, -0.1) is 11.3 Å². The minimum Gasteiger partial charge on any atom is -0.352 e. The van der Waals surface area contributed by atoms with E-state index in [1.807, 2.05) is 23.6 Å². The zero-order valence-corrected chi connectivity index (χ0v) is 13.0. The molecule has 100 valence electrons. The van der Waals surface area contributed by atoms with Gasteiger partial charge in [0.2, 0.25) is 0 Å². The molecule has 1 saturated carbocycles. The van der Waals surface area contributed by atoms with E-state index < -0.39 is 0 Å². The molecule has 4 heteroatoms. The molecule has 0 saturated heterocycles. The number of thiophene rings is 1. The highest BCUT2D eigenvalue weighted by molar-refractivity contribution is 9.09. The summed E-state index contributed by atoms with van der Waals surface area (Å²) in [5, 5.41) is 6.11. The highest BCUT2D eigenvalue weighted by atomic mass is 79.9. The van der Waals surface area contributed by atoms with Crippen molar-refractivity contribution in [1.82, 2.24) is 5.32 Å². The summed E-state index contributed by atoms with van der Waals surface area (Å²) >= 11 is 5.32. The van der Waals surface area contributed by atoms with Gasteiger partial charge in [-0.1, -0.05) is 40.5 Å². The molecule has 1 aromatic heterocycles. The van der Waals surface area contributed by atoms with Gasteiger partial charge >= 0.3 is 0 Å². The molecule has 0 spiro atoms. The topological polar surface area (TPSA) is 29.1 Å². The fraction of sp³-hybridized carbons (Fsp3) is 0.400. The van der Waals surface area contributed by atoms with E-state index >= 15 is 0 Å². The Labute approximate surface area is 125 Å². The average molecular weight is 338 g/mol. The van der Waals surface area contributed by atoms with Crippen LogP contribution in [-0.2, 0) is 0 Å². The SMILES string of the molecule is O=C(NCC1CCCC1Br)c1csc2ccccc12. The molecule has 19 heavy (non-hydrogen) atoms. The van der Waals surface area contributed by atoms with Crippen LogP contribution in [0.2, 0.25) is 0 Å². The first-order chi connectivity index (χ1) is 9.25. The van der Waals surface area contributed by atoms with Crippen LogP contribution in [0.3, 0.4) is 0 Å². The van der Waals surface area contributed by atoms with E-state index in [9.17, 15) is 4.79 Å². The minimum absolute atomic E-state index is 0.0593. The van der Waals surface area contributed by atoms with Gasteiger partial charge in [0, 0.05) is 26.8 Å². The Balaban J connectivity index is 1.70. The van der Waals surface area contributed by atoms with Gasteiger partial charge in [0.05, 0.1) is 5.56 Å².